The number of carbonyl (C=O) groups is 1. The number of benzene rings is 1. The Morgan fingerprint density at radius 3 is 2.43 bits per heavy atom. The summed E-state index contributed by atoms with van der Waals surface area (Å²) in [5.74, 6) is -0.0694. The van der Waals surface area contributed by atoms with Crippen molar-refractivity contribution < 1.29 is 17.6 Å². The molecule has 6 nitrogen and oxygen atoms in total. The molecule has 0 aliphatic rings. The van der Waals surface area contributed by atoms with E-state index in [-0.39, 0.29) is 21.4 Å². The number of furan rings is 1. The predicted octanol–water partition coefficient (Wildman–Crippen LogP) is 4.58. The van der Waals surface area contributed by atoms with Gasteiger partial charge in [0.15, 0.2) is 5.76 Å². The quantitative estimate of drug-likeness (QED) is 0.629. The molecular weight excluding hydrogens is 376 g/mol. The van der Waals surface area contributed by atoms with Crippen molar-refractivity contribution >= 4 is 21.6 Å². The zero-order valence-electron chi connectivity index (χ0n) is 16.2. The fourth-order valence-corrected chi connectivity index (χ4v) is 4.90. The van der Waals surface area contributed by atoms with Crippen LogP contribution < -0.4 is 5.32 Å². The largest absolute Gasteiger partial charge is 0.459 e. The lowest BCUT2D eigenvalue weighted by atomic mass is 10.3. The molecule has 7 heteroatoms. The molecule has 0 bridgehead atoms. The highest BCUT2D eigenvalue weighted by Gasteiger charge is 2.30. The topological polar surface area (TPSA) is 81.3 Å². The minimum absolute atomic E-state index is 0.126. The van der Waals surface area contributed by atoms with Gasteiger partial charge in [-0.2, -0.15) is 0 Å². The molecule has 0 radical (unpaired) electrons. The summed E-state index contributed by atoms with van der Waals surface area (Å²) >= 11 is 0. The van der Waals surface area contributed by atoms with Crippen LogP contribution in [0.3, 0.4) is 0 Å². The molecule has 0 spiro atoms. The average molecular weight is 401 g/mol. The highest BCUT2D eigenvalue weighted by atomic mass is 32.2. The summed E-state index contributed by atoms with van der Waals surface area (Å²) in [6.07, 6.45) is 3.22. The lowest BCUT2D eigenvalue weighted by Gasteiger charge is -2.13. The summed E-state index contributed by atoms with van der Waals surface area (Å²) in [6, 6.07) is 11.4. The Balaban J connectivity index is 2.17. The molecule has 1 amide bonds. The maximum atomic E-state index is 13.4. The number of nitrogens with zero attached hydrogens (tertiary/aromatic N) is 1. The van der Waals surface area contributed by atoms with E-state index in [1.54, 1.807) is 49.4 Å². The maximum Gasteiger partial charge on any atom is 0.292 e. The van der Waals surface area contributed by atoms with Crippen LogP contribution in [0.15, 0.2) is 62.9 Å². The second-order valence-corrected chi connectivity index (χ2v) is 8.53. The normalized spacial score (nSPS) is 11.5. The van der Waals surface area contributed by atoms with E-state index < -0.39 is 15.7 Å². The van der Waals surface area contributed by atoms with Gasteiger partial charge in [0, 0.05) is 12.2 Å². The Morgan fingerprint density at radius 2 is 1.82 bits per heavy atom. The van der Waals surface area contributed by atoms with E-state index in [4.69, 9.17) is 4.42 Å². The Labute approximate surface area is 165 Å². The molecule has 0 saturated heterocycles. The second kappa shape index (κ2) is 8.06. The summed E-state index contributed by atoms with van der Waals surface area (Å²) in [5, 5.41) is 2.78. The van der Waals surface area contributed by atoms with E-state index in [0.29, 0.717) is 12.1 Å². The first-order chi connectivity index (χ1) is 13.4. The monoisotopic (exact) mass is 400 g/mol. The van der Waals surface area contributed by atoms with Gasteiger partial charge in [-0.25, -0.2) is 8.42 Å². The van der Waals surface area contributed by atoms with Crippen molar-refractivity contribution in [3.63, 3.8) is 0 Å². The molecule has 0 aliphatic carbocycles. The number of hydrogen-bond donors (Lipinski definition) is 1. The van der Waals surface area contributed by atoms with Crippen LogP contribution in [0, 0.1) is 13.8 Å². The van der Waals surface area contributed by atoms with E-state index in [9.17, 15) is 13.2 Å². The van der Waals surface area contributed by atoms with Crippen LogP contribution in [0.1, 0.15) is 41.6 Å². The van der Waals surface area contributed by atoms with Gasteiger partial charge in [-0.05, 0) is 50.1 Å². The minimum Gasteiger partial charge on any atom is -0.459 e. The molecule has 2 heterocycles. The molecule has 0 aliphatic heterocycles. The first kappa shape index (κ1) is 19.9. The van der Waals surface area contributed by atoms with Crippen molar-refractivity contribution in [1.29, 1.82) is 0 Å². The number of sulfone groups is 1. The van der Waals surface area contributed by atoms with Crippen molar-refractivity contribution in [2.75, 3.05) is 5.32 Å². The number of unbranched alkanes of at least 4 members (excludes halogenated alkanes) is 1. The molecule has 3 aromatic rings. The van der Waals surface area contributed by atoms with Gasteiger partial charge in [0.25, 0.3) is 5.91 Å². The molecule has 0 unspecified atom stereocenters. The van der Waals surface area contributed by atoms with Gasteiger partial charge in [-0.1, -0.05) is 31.5 Å². The van der Waals surface area contributed by atoms with E-state index >= 15 is 0 Å². The Bertz CT molecular complexity index is 1070. The van der Waals surface area contributed by atoms with Crippen LogP contribution in [-0.2, 0) is 16.4 Å². The maximum absolute atomic E-state index is 13.4. The van der Waals surface area contributed by atoms with Gasteiger partial charge >= 0.3 is 0 Å². The number of amides is 1. The molecule has 0 fully saturated rings. The van der Waals surface area contributed by atoms with Crippen LogP contribution >= 0.6 is 0 Å². The summed E-state index contributed by atoms with van der Waals surface area (Å²) < 4.78 is 33.8. The third-order valence-corrected chi connectivity index (χ3v) is 6.74. The Kier molecular flexibility index (Phi) is 5.74. The molecule has 28 heavy (non-hydrogen) atoms. The second-order valence-electron chi connectivity index (χ2n) is 6.64. The fourth-order valence-electron chi connectivity index (χ4n) is 3.18. The molecule has 148 valence electrons. The van der Waals surface area contributed by atoms with Gasteiger partial charge in [-0.15, -0.1) is 0 Å². The van der Waals surface area contributed by atoms with Crippen LogP contribution in [0.25, 0.3) is 0 Å². The van der Waals surface area contributed by atoms with Crippen molar-refractivity contribution in [2.24, 2.45) is 0 Å². The van der Waals surface area contributed by atoms with Crippen molar-refractivity contribution in [1.82, 2.24) is 4.57 Å². The summed E-state index contributed by atoms with van der Waals surface area (Å²) in [5.41, 5.74) is 1.45. The average Bonchev–Trinajstić information content (AvgIpc) is 3.30. The summed E-state index contributed by atoms with van der Waals surface area (Å²) in [7, 11) is -3.81. The summed E-state index contributed by atoms with van der Waals surface area (Å²) in [4.78, 5) is 12.9. The molecule has 0 saturated carbocycles. The van der Waals surface area contributed by atoms with Gasteiger partial charge in [0.1, 0.15) is 10.7 Å². The number of hydrogen-bond acceptors (Lipinski definition) is 4. The van der Waals surface area contributed by atoms with Gasteiger partial charge in [0.05, 0.1) is 11.2 Å². The Morgan fingerprint density at radius 1 is 1.11 bits per heavy atom. The highest BCUT2D eigenvalue weighted by Crippen LogP contribution is 2.35. The lowest BCUT2D eigenvalue weighted by Crippen LogP contribution is -2.17. The summed E-state index contributed by atoms with van der Waals surface area (Å²) in [6.45, 7) is 6.32. The van der Waals surface area contributed by atoms with E-state index in [2.05, 4.69) is 12.2 Å². The van der Waals surface area contributed by atoms with E-state index in [0.717, 1.165) is 18.5 Å². The third kappa shape index (κ3) is 3.62. The minimum atomic E-state index is -3.81. The van der Waals surface area contributed by atoms with Crippen LogP contribution in [0.4, 0.5) is 5.82 Å². The zero-order chi connectivity index (χ0) is 20.3. The van der Waals surface area contributed by atoms with Crippen molar-refractivity contribution in [2.45, 2.75) is 49.9 Å². The number of aromatic nitrogens is 1. The molecular formula is C21H24N2O4S. The number of anilines is 1. The molecule has 1 aromatic carbocycles. The third-order valence-electron chi connectivity index (χ3n) is 4.81. The highest BCUT2D eigenvalue weighted by molar-refractivity contribution is 7.91. The van der Waals surface area contributed by atoms with E-state index in [1.165, 1.54) is 6.26 Å². The lowest BCUT2D eigenvalue weighted by molar-refractivity contribution is 0.0995. The molecule has 2 aromatic heterocycles. The smallest absolute Gasteiger partial charge is 0.292 e. The van der Waals surface area contributed by atoms with Crippen molar-refractivity contribution in [3.05, 3.63) is 65.7 Å². The van der Waals surface area contributed by atoms with Crippen molar-refractivity contribution in [3.8, 4) is 0 Å². The molecule has 0 atom stereocenters. The number of rotatable bonds is 7. The molecule has 3 rings (SSSR count). The Hall–Kier alpha value is -2.80. The van der Waals surface area contributed by atoms with Crippen LogP contribution in [0.5, 0.6) is 0 Å². The standard InChI is InChI=1S/C21H24N2O4S/c1-4-5-13-23-16(3)15(2)19(28(25,26)17-10-7-6-8-11-17)20(23)22-21(24)18-12-9-14-27-18/h6-12,14H,4-5,13H2,1-3H3,(H,22,24). The first-order valence-corrected chi connectivity index (χ1v) is 10.7. The van der Waals surface area contributed by atoms with Gasteiger partial charge in [-0.3, -0.25) is 4.79 Å². The fraction of sp³-hybridized carbons (Fsp3) is 0.286. The predicted molar refractivity (Wildman–Crippen MR) is 107 cm³/mol. The van der Waals surface area contributed by atoms with Gasteiger partial charge < -0.3 is 14.3 Å². The van der Waals surface area contributed by atoms with E-state index in [1.807, 2.05) is 11.5 Å². The van der Waals surface area contributed by atoms with Gasteiger partial charge in [0.2, 0.25) is 9.84 Å². The number of nitrogens with one attached hydrogen (secondary N) is 1. The zero-order valence-corrected chi connectivity index (χ0v) is 17.0. The SMILES string of the molecule is CCCCn1c(C)c(C)c(S(=O)(=O)c2ccccc2)c1NC(=O)c1ccco1. The van der Waals surface area contributed by atoms with Crippen LogP contribution in [-0.4, -0.2) is 18.9 Å². The number of carbonyl (C=O) groups excluding carboxylic acids is 1. The van der Waals surface area contributed by atoms with Crippen LogP contribution in [0.2, 0.25) is 0 Å². The first-order valence-electron chi connectivity index (χ1n) is 9.22. The molecule has 1 N–H and O–H groups in total.